The Morgan fingerprint density at radius 3 is 2.91 bits per heavy atom. The second-order valence-corrected chi connectivity index (χ2v) is 5.36. The van der Waals surface area contributed by atoms with Gasteiger partial charge in [0.15, 0.2) is 5.76 Å². The van der Waals surface area contributed by atoms with E-state index in [1.54, 1.807) is 18.4 Å². The molecule has 0 saturated heterocycles. The molecule has 0 aliphatic heterocycles. The molecule has 0 atom stereocenters. The van der Waals surface area contributed by atoms with Crippen molar-refractivity contribution in [1.82, 2.24) is 10.1 Å². The number of anilines is 1. The van der Waals surface area contributed by atoms with Gasteiger partial charge in [-0.25, -0.2) is 0 Å². The maximum atomic E-state index is 12.1. The fraction of sp³-hybridized carbons (Fsp3) is 0.235. The van der Waals surface area contributed by atoms with E-state index in [2.05, 4.69) is 15.5 Å². The maximum Gasteiger partial charge on any atom is 0.238 e. The molecule has 0 spiro atoms. The molecule has 2 heterocycles. The van der Waals surface area contributed by atoms with Gasteiger partial charge in [0.1, 0.15) is 0 Å². The van der Waals surface area contributed by atoms with Gasteiger partial charge < -0.3 is 14.3 Å². The fourth-order valence-corrected chi connectivity index (χ4v) is 2.17. The summed E-state index contributed by atoms with van der Waals surface area (Å²) in [6.45, 7) is 3.95. The van der Waals surface area contributed by atoms with E-state index < -0.39 is 0 Å². The molecule has 0 aliphatic rings. The third-order valence-corrected chi connectivity index (χ3v) is 3.44. The molecular weight excluding hydrogens is 294 g/mol. The van der Waals surface area contributed by atoms with Crippen LogP contribution in [0.25, 0.3) is 11.6 Å². The van der Waals surface area contributed by atoms with Gasteiger partial charge in [0.25, 0.3) is 0 Å². The number of carbonyl (C=O) groups excluding carboxylic acids is 1. The van der Waals surface area contributed by atoms with Crippen molar-refractivity contribution in [2.75, 3.05) is 5.32 Å². The summed E-state index contributed by atoms with van der Waals surface area (Å²) in [6, 6.07) is 9.46. The lowest BCUT2D eigenvalue weighted by Gasteiger charge is -2.08. The molecule has 0 unspecified atom stereocenters. The quantitative estimate of drug-likeness (QED) is 0.779. The van der Waals surface area contributed by atoms with Crippen LogP contribution in [-0.4, -0.2) is 16.0 Å². The molecular formula is C17H17N3O3. The maximum absolute atomic E-state index is 12.1. The van der Waals surface area contributed by atoms with Gasteiger partial charge in [0.05, 0.1) is 6.26 Å². The largest absolute Gasteiger partial charge is 0.461 e. The summed E-state index contributed by atoms with van der Waals surface area (Å²) in [4.78, 5) is 16.3. The van der Waals surface area contributed by atoms with Crippen molar-refractivity contribution in [1.29, 1.82) is 0 Å². The van der Waals surface area contributed by atoms with E-state index in [1.807, 2.05) is 32.0 Å². The highest BCUT2D eigenvalue weighted by Gasteiger charge is 2.12. The number of hydrogen-bond acceptors (Lipinski definition) is 5. The molecule has 3 aromatic rings. The number of aryl methyl sites for hydroxylation is 3. The standard InChI is InChI=1S/C17H17N3O3/c1-11-5-6-12(2)13(10-11)18-15(21)7-8-16-19-17(20-23-16)14-4-3-9-22-14/h3-6,9-10H,7-8H2,1-2H3,(H,18,21). The second-order valence-electron chi connectivity index (χ2n) is 5.36. The van der Waals surface area contributed by atoms with E-state index in [9.17, 15) is 4.79 Å². The molecule has 23 heavy (non-hydrogen) atoms. The number of hydrogen-bond donors (Lipinski definition) is 1. The van der Waals surface area contributed by atoms with Crippen molar-refractivity contribution in [2.45, 2.75) is 26.7 Å². The minimum absolute atomic E-state index is 0.0866. The molecule has 0 saturated carbocycles. The summed E-state index contributed by atoms with van der Waals surface area (Å²) in [5.74, 6) is 1.25. The smallest absolute Gasteiger partial charge is 0.238 e. The SMILES string of the molecule is Cc1ccc(C)c(NC(=O)CCc2nc(-c3ccco3)no2)c1. The summed E-state index contributed by atoms with van der Waals surface area (Å²) in [5, 5.41) is 6.74. The van der Waals surface area contributed by atoms with E-state index in [0.717, 1.165) is 16.8 Å². The van der Waals surface area contributed by atoms with Crippen LogP contribution >= 0.6 is 0 Å². The molecule has 3 rings (SSSR count). The summed E-state index contributed by atoms with van der Waals surface area (Å²) < 4.78 is 10.3. The van der Waals surface area contributed by atoms with E-state index in [4.69, 9.17) is 8.94 Å². The summed E-state index contributed by atoms with van der Waals surface area (Å²) in [5.41, 5.74) is 2.96. The third kappa shape index (κ3) is 3.66. The van der Waals surface area contributed by atoms with E-state index in [0.29, 0.717) is 23.9 Å². The average molecular weight is 311 g/mol. The van der Waals surface area contributed by atoms with Gasteiger partial charge in [-0.1, -0.05) is 17.3 Å². The van der Waals surface area contributed by atoms with Crippen LogP contribution < -0.4 is 5.32 Å². The van der Waals surface area contributed by atoms with Gasteiger partial charge in [0.2, 0.25) is 17.6 Å². The summed E-state index contributed by atoms with van der Waals surface area (Å²) >= 11 is 0. The Kier molecular flexibility index (Phi) is 4.23. The van der Waals surface area contributed by atoms with Crippen LogP contribution in [0.5, 0.6) is 0 Å². The van der Waals surface area contributed by atoms with Crippen molar-refractivity contribution < 1.29 is 13.7 Å². The number of carbonyl (C=O) groups is 1. The number of nitrogens with zero attached hydrogens (tertiary/aromatic N) is 2. The van der Waals surface area contributed by atoms with Crippen LogP contribution in [0, 0.1) is 13.8 Å². The van der Waals surface area contributed by atoms with Crippen molar-refractivity contribution in [2.24, 2.45) is 0 Å². The molecule has 118 valence electrons. The molecule has 0 radical (unpaired) electrons. The lowest BCUT2D eigenvalue weighted by atomic mass is 10.1. The predicted molar refractivity (Wildman–Crippen MR) is 84.9 cm³/mol. The van der Waals surface area contributed by atoms with Gasteiger partial charge in [-0.15, -0.1) is 0 Å². The Bertz CT molecular complexity index is 806. The van der Waals surface area contributed by atoms with Gasteiger partial charge in [0, 0.05) is 18.5 Å². The van der Waals surface area contributed by atoms with Crippen molar-refractivity contribution in [3.63, 3.8) is 0 Å². The number of aromatic nitrogens is 2. The molecule has 1 aromatic carbocycles. The minimum atomic E-state index is -0.0866. The van der Waals surface area contributed by atoms with Crippen LogP contribution in [-0.2, 0) is 11.2 Å². The van der Waals surface area contributed by atoms with E-state index >= 15 is 0 Å². The fourth-order valence-electron chi connectivity index (χ4n) is 2.17. The number of benzene rings is 1. The zero-order chi connectivity index (χ0) is 16.2. The number of nitrogens with one attached hydrogen (secondary N) is 1. The topological polar surface area (TPSA) is 81.2 Å². The summed E-state index contributed by atoms with van der Waals surface area (Å²) in [7, 11) is 0. The van der Waals surface area contributed by atoms with E-state index in [-0.39, 0.29) is 12.3 Å². The predicted octanol–water partition coefficient (Wildman–Crippen LogP) is 3.52. The molecule has 0 aliphatic carbocycles. The molecule has 0 bridgehead atoms. The normalized spacial score (nSPS) is 10.7. The lowest BCUT2D eigenvalue weighted by Crippen LogP contribution is -2.13. The number of amides is 1. The van der Waals surface area contributed by atoms with Crippen molar-refractivity contribution >= 4 is 11.6 Å². The van der Waals surface area contributed by atoms with Crippen molar-refractivity contribution in [3.8, 4) is 11.6 Å². The second kappa shape index (κ2) is 6.48. The number of furan rings is 1. The molecule has 2 aromatic heterocycles. The first-order valence-electron chi connectivity index (χ1n) is 7.35. The Morgan fingerprint density at radius 2 is 2.13 bits per heavy atom. The zero-order valence-electron chi connectivity index (χ0n) is 13.0. The third-order valence-electron chi connectivity index (χ3n) is 3.44. The molecule has 6 heteroatoms. The lowest BCUT2D eigenvalue weighted by molar-refractivity contribution is -0.116. The first-order valence-corrected chi connectivity index (χ1v) is 7.35. The molecule has 1 N–H and O–H groups in total. The van der Waals surface area contributed by atoms with Crippen LogP contribution in [0.3, 0.4) is 0 Å². The molecule has 6 nitrogen and oxygen atoms in total. The Hall–Kier alpha value is -2.89. The monoisotopic (exact) mass is 311 g/mol. The Morgan fingerprint density at radius 1 is 1.26 bits per heavy atom. The molecule has 0 fully saturated rings. The molecule has 1 amide bonds. The van der Waals surface area contributed by atoms with Gasteiger partial charge >= 0.3 is 0 Å². The van der Waals surface area contributed by atoms with Gasteiger partial charge in [-0.05, 0) is 43.2 Å². The average Bonchev–Trinajstić information content (AvgIpc) is 3.19. The van der Waals surface area contributed by atoms with Crippen LogP contribution in [0.2, 0.25) is 0 Å². The minimum Gasteiger partial charge on any atom is -0.461 e. The zero-order valence-corrected chi connectivity index (χ0v) is 13.0. The highest BCUT2D eigenvalue weighted by Crippen LogP contribution is 2.18. The Labute approximate surface area is 133 Å². The summed E-state index contributed by atoms with van der Waals surface area (Å²) in [6.07, 6.45) is 2.20. The van der Waals surface area contributed by atoms with Crippen LogP contribution in [0.4, 0.5) is 5.69 Å². The van der Waals surface area contributed by atoms with Crippen molar-refractivity contribution in [3.05, 3.63) is 53.6 Å². The first-order chi connectivity index (χ1) is 11.1. The van der Waals surface area contributed by atoms with Gasteiger partial charge in [-0.2, -0.15) is 4.98 Å². The van der Waals surface area contributed by atoms with Gasteiger partial charge in [-0.3, -0.25) is 4.79 Å². The van der Waals surface area contributed by atoms with Crippen LogP contribution in [0.1, 0.15) is 23.4 Å². The van der Waals surface area contributed by atoms with E-state index in [1.165, 1.54) is 0 Å². The first kappa shape index (κ1) is 15.0. The van der Waals surface area contributed by atoms with Crippen LogP contribution in [0.15, 0.2) is 45.5 Å². The Balaban J connectivity index is 1.58. The number of rotatable bonds is 5. The highest BCUT2D eigenvalue weighted by atomic mass is 16.5. The highest BCUT2D eigenvalue weighted by molar-refractivity contribution is 5.91.